The summed E-state index contributed by atoms with van der Waals surface area (Å²) in [5, 5.41) is 12.1. The zero-order chi connectivity index (χ0) is 29.0. The molecule has 0 saturated heterocycles. The molecule has 4 rings (SSSR count). The Morgan fingerprint density at radius 3 is 2.48 bits per heavy atom. The third-order valence-electron chi connectivity index (χ3n) is 6.91. The van der Waals surface area contributed by atoms with Gasteiger partial charge in [0, 0.05) is 47.3 Å². The summed E-state index contributed by atoms with van der Waals surface area (Å²) in [5.41, 5.74) is 10.5. The molecule has 2 aliphatic rings. The molecule has 11 heteroatoms. The van der Waals surface area contributed by atoms with Crippen LogP contribution < -0.4 is 32.1 Å². The molecule has 6 N–H and O–H groups in total. The van der Waals surface area contributed by atoms with Crippen molar-refractivity contribution in [2.24, 2.45) is 0 Å². The zero-order valence-electron chi connectivity index (χ0n) is 23.6. The number of hydrazine groups is 1. The Hall–Kier alpha value is -4.35. The molecule has 40 heavy (non-hydrogen) atoms. The predicted octanol–water partition coefficient (Wildman–Crippen LogP) is 2.92. The summed E-state index contributed by atoms with van der Waals surface area (Å²) in [4.78, 5) is 41.3. The second-order valence-corrected chi connectivity index (χ2v) is 10.8. The van der Waals surface area contributed by atoms with E-state index < -0.39 is 5.54 Å². The maximum absolute atomic E-state index is 13.1. The molecule has 2 atom stereocenters. The van der Waals surface area contributed by atoms with Gasteiger partial charge in [0.15, 0.2) is 0 Å². The second-order valence-electron chi connectivity index (χ2n) is 10.8. The fourth-order valence-corrected chi connectivity index (χ4v) is 4.96. The molecule has 0 saturated carbocycles. The van der Waals surface area contributed by atoms with Crippen molar-refractivity contribution >= 4 is 34.9 Å². The molecule has 0 radical (unpaired) electrons. The van der Waals surface area contributed by atoms with E-state index in [-0.39, 0.29) is 30.1 Å². The Kier molecular flexibility index (Phi) is 8.46. The van der Waals surface area contributed by atoms with Gasteiger partial charge in [-0.25, -0.2) is 10.2 Å². The summed E-state index contributed by atoms with van der Waals surface area (Å²) < 4.78 is 0. The SMILES string of the molecule is C=CC(=O)Nc1ccc(C(=O)Nc2cccc(NC3NNC4=C3CN(C(=O)NC(C)CN(C)C)C4(C)C)c2)cc1. The van der Waals surface area contributed by atoms with Gasteiger partial charge in [0.2, 0.25) is 5.91 Å². The van der Waals surface area contributed by atoms with Crippen molar-refractivity contribution in [1.29, 1.82) is 0 Å². The van der Waals surface area contributed by atoms with Crippen molar-refractivity contribution < 1.29 is 14.4 Å². The summed E-state index contributed by atoms with van der Waals surface area (Å²) in [5.74, 6) is -0.588. The normalized spacial score (nSPS) is 18.1. The van der Waals surface area contributed by atoms with E-state index in [1.165, 1.54) is 6.08 Å². The Labute approximate surface area is 235 Å². The van der Waals surface area contributed by atoms with E-state index >= 15 is 0 Å². The Morgan fingerprint density at radius 2 is 1.80 bits per heavy atom. The highest BCUT2D eigenvalue weighted by Crippen LogP contribution is 2.36. The lowest BCUT2D eigenvalue weighted by atomic mass is 10.0. The molecular weight excluding hydrogens is 508 g/mol. The van der Waals surface area contributed by atoms with E-state index in [2.05, 4.69) is 38.7 Å². The molecule has 0 aliphatic carbocycles. The number of anilines is 3. The lowest BCUT2D eigenvalue weighted by molar-refractivity contribution is -0.111. The van der Waals surface area contributed by atoms with Gasteiger partial charge in [-0.05, 0) is 83.4 Å². The number of rotatable bonds is 9. The van der Waals surface area contributed by atoms with Crippen molar-refractivity contribution in [2.75, 3.05) is 43.1 Å². The lowest BCUT2D eigenvalue weighted by Crippen LogP contribution is -2.56. The minimum Gasteiger partial charge on any atom is -0.365 e. The average Bonchev–Trinajstić information content (AvgIpc) is 3.41. The average molecular weight is 547 g/mol. The quantitative estimate of drug-likeness (QED) is 0.267. The topological polar surface area (TPSA) is 130 Å². The van der Waals surface area contributed by atoms with E-state index in [4.69, 9.17) is 0 Å². The number of amides is 4. The van der Waals surface area contributed by atoms with Crippen LogP contribution in [0.2, 0.25) is 0 Å². The molecule has 2 aromatic rings. The Balaban J connectivity index is 1.39. The first-order valence-corrected chi connectivity index (χ1v) is 13.2. The van der Waals surface area contributed by atoms with Gasteiger partial charge >= 0.3 is 6.03 Å². The summed E-state index contributed by atoms with van der Waals surface area (Å²) in [6.45, 7) is 10.7. The summed E-state index contributed by atoms with van der Waals surface area (Å²) in [7, 11) is 3.96. The van der Waals surface area contributed by atoms with Crippen LogP contribution in [0.4, 0.5) is 21.9 Å². The number of carbonyl (C=O) groups excluding carboxylic acids is 3. The first-order chi connectivity index (χ1) is 19.0. The minimum atomic E-state index is -0.513. The van der Waals surface area contributed by atoms with E-state index in [0.29, 0.717) is 23.5 Å². The maximum atomic E-state index is 13.1. The molecule has 11 nitrogen and oxygen atoms in total. The van der Waals surface area contributed by atoms with E-state index in [1.54, 1.807) is 24.3 Å². The zero-order valence-corrected chi connectivity index (χ0v) is 23.6. The molecule has 2 heterocycles. The van der Waals surface area contributed by atoms with Gasteiger partial charge in [-0.2, -0.15) is 0 Å². The fraction of sp³-hybridized carbons (Fsp3) is 0.345. The van der Waals surface area contributed by atoms with Crippen molar-refractivity contribution in [3.8, 4) is 0 Å². The van der Waals surface area contributed by atoms with Crippen LogP contribution in [0.1, 0.15) is 31.1 Å². The smallest absolute Gasteiger partial charge is 0.318 e. The second kappa shape index (κ2) is 11.8. The van der Waals surface area contributed by atoms with Crippen LogP contribution in [-0.2, 0) is 4.79 Å². The van der Waals surface area contributed by atoms with E-state index in [0.717, 1.165) is 23.5 Å². The number of nitrogens with zero attached hydrogens (tertiary/aromatic N) is 2. The molecule has 0 bridgehead atoms. The Morgan fingerprint density at radius 1 is 1.10 bits per heavy atom. The molecule has 2 aliphatic heterocycles. The van der Waals surface area contributed by atoms with Crippen LogP contribution in [0.15, 0.2) is 72.5 Å². The first kappa shape index (κ1) is 28.7. The van der Waals surface area contributed by atoms with Gasteiger partial charge in [0.1, 0.15) is 6.17 Å². The maximum Gasteiger partial charge on any atom is 0.318 e. The molecule has 4 amide bonds. The van der Waals surface area contributed by atoms with Crippen LogP contribution >= 0.6 is 0 Å². The molecule has 2 aromatic carbocycles. The van der Waals surface area contributed by atoms with Crippen LogP contribution in [0.25, 0.3) is 0 Å². The van der Waals surface area contributed by atoms with Crippen molar-refractivity contribution in [3.05, 3.63) is 78.0 Å². The largest absolute Gasteiger partial charge is 0.365 e. The molecule has 212 valence electrons. The van der Waals surface area contributed by atoms with Crippen LogP contribution in [0, 0.1) is 0 Å². The first-order valence-electron chi connectivity index (χ1n) is 13.2. The van der Waals surface area contributed by atoms with Crippen LogP contribution in [0.5, 0.6) is 0 Å². The summed E-state index contributed by atoms with van der Waals surface area (Å²) >= 11 is 0. The number of likely N-dealkylation sites (N-methyl/N-ethyl adjacent to an activating group) is 1. The summed E-state index contributed by atoms with van der Waals surface area (Å²) in [6.07, 6.45) is 0.945. The van der Waals surface area contributed by atoms with Gasteiger partial charge in [-0.3, -0.25) is 9.59 Å². The van der Waals surface area contributed by atoms with Gasteiger partial charge in [0.05, 0.1) is 11.2 Å². The van der Waals surface area contributed by atoms with E-state index in [9.17, 15) is 14.4 Å². The van der Waals surface area contributed by atoms with Crippen molar-refractivity contribution in [1.82, 2.24) is 26.0 Å². The van der Waals surface area contributed by atoms with E-state index in [1.807, 2.05) is 68.9 Å². The molecule has 0 fully saturated rings. The highest BCUT2D eigenvalue weighted by molar-refractivity contribution is 6.05. The monoisotopic (exact) mass is 546 g/mol. The van der Waals surface area contributed by atoms with Gasteiger partial charge in [0.25, 0.3) is 5.91 Å². The molecule has 0 spiro atoms. The Bertz CT molecular complexity index is 1320. The number of carbonyl (C=O) groups is 3. The van der Waals surface area contributed by atoms with Crippen LogP contribution in [0.3, 0.4) is 0 Å². The molecular formula is C29H38N8O3. The third kappa shape index (κ3) is 6.44. The third-order valence-corrected chi connectivity index (χ3v) is 6.91. The molecule has 2 unspecified atom stereocenters. The highest BCUT2D eigenvalue weighted by Gasteiger charge is 2.47. The molecule has 0 aromatic heterocycles. The van der Waals surface area contributed by atoms with Gasteiger partial charge in [-0.15, -0.1) is 0 Å². The van der Waals surface area contributed by atoms with Crippen LogP contribution in [-0.4, -0.2) is 72.6 Å². The van der Waals surface area contributed by atoms with Gasteiger partial charge in [-0.1, -0.05) is 12.6 Å². The number of hydrogen-bond donors (Lipinski definition) is 6. The highest BCUT2D eigenvalue weighted by atomic mass is 16.2. The van der Waals surface area contributed by atoms with Crippen molar-refractivity contribution in [3.63, 3.8) is 0 Å². The van der Waals surface area contributed by atoms with Crippen molar-refractivity contribution in [2.45, 2.75) is 38.5 Å². The standard InChI is InChI=1S/C29H38N8O3/c1-7-24(38)31-20-13-11-19(12-14-20)27(39)33-22-10-8-9-21(15-22)32-26-23-17-37(29(3,4)25(23)34-35-26)28(40)30-18(2)16-36(5)6/h7-15,18,26,32,34-35H,1,16-17H2,2-6H3,(H,30,40)(H,31,38)(H,33,39). The number of urea groups is 1. The number of hydrogen-bond acceptors (Lipinski definition) is 7. The number of nitrogens with one attached hydrogen (secondary N) is 6. The minimum absolute atomic E-state index is 0.0164. The fourth-order valence-electron chi connectivity index (χ4n) is 4.96. The van der Waals surface area contributed by atoms with Gasteiger partial charge < -0.3 is 36.5 Å². The summed E-state index contributed by atoms with van der Waals surface area (Å²) in [6, 6.07) is 14.0. The number of benzene rings is 2. The predicted molar refractivity (Wildman–Crippen MR) is 158 cm³/mol. The lowest BCUT2D eigenvalue weighted by Gasteiger charge is -2.36.